The lowest BCUT2D eigenvalue weighted by Crippen LogP contribution is -2.29. The summed E-state index contributed by atoms with van der Waals surface area (Å²) < 4.78 is 32.5. The summed E-state index contributed by atoms with van der Waals surface area (Å²) in [5.74, 6) is -0.931. The summed E-state index contributed by atoms with van der Waals surface area (Å²) in [5, 5.41) is 18.3. The van der Waals surface area contributed by atoms with Crippen LogP contribution in [0, 0.1) is 0 Å². The second-order valence-electron chi connectivity index (χ2n) is 14.0. The summed E-state index contributed by atoms with van der Waals surface area (Å²) in [6.45, 7) is 2.04. The highest BCUT2D eigenvalue weighted by Gasteiger charge is 2.27. The predicted octanol–water partition coefficient (Wildman–Crippen LogP) is 10.6. The zero-order valence-electron chi connectivity index (χ0n) is 35.5. The maximum absolute atomic E-state index is 12.6. The Morgan fingerprint density at radius 1 is 0.569 bits per heavy atom. The fourth-order valence-electron chi connectivity index (χ4n) is 5.13. The highest BCUT2D eigenvalue weighted by molar-refractivity contribution is 7.47. The molecule has 0 fully saturated rings. The van der Waals surface area contributed by atoms with Crippen molar-refractivity contribution in [2.24, 2.45) is 0 Å². The van der Waals surface area contributed by atoms with Crippen molar-refractivity contribution < 1.29 is 52.6 Å². The maximum Gasteiger partial charge on any atom is 0.472 e. The fraction of sp³-hybridized carbons (Fsp3) is 0.630. The number of phosphoric ester groups is 1. The molecule has 0 bridgehead atoms. The monoisotopic (exact) mass is 835 g/mol. The molecule has 0 spiro atoms. The summed E-state index contributed by atoms with van der Waals surface area (Å²) in [7, 11) is -4.66. The molecule has 1 unspecified atom stereocenters. The average Bonchev–Trinajstić information content (AvgIpc) is 3.20. The van der Waals surface area contributed by atoms with Gasteiger partial charge in [0.1, 0.15) is 12.7 Å². The van der Waals surface area contributed by atoms with Crippen molar-refractivity contribution in [1.82, 2.24) is 0 Å². The van der Waals surface area contributed by atoms with Crippen LogP contribution in [0.3, 0.4) is 0 Å². The number of allylic oxidation sites excluding steroid dienone is 14. The molecule has 0 rings (SSSR count). The molecule has 0 aromatic heterocycles. The molecule has 0 aromatic carbocycles. The number of carbonyl (C=O) groups excluding carboxylic acids is 3. The third kappa shape index (κ3) is 39.6. The van der Waals surface area contributed by atoms with Crippen LogP contribution in [0.15, 0.2) is 85.1 Å². The number of rotatable bonds is 39. The van der Waals surface area contributed by atoms with Gasteiger partial charge in [0.25, 0.3) is 0 Å². The van der Waals surface area contributed by atoms with Crippen LogP contribution in [-0.2, 0) is 37.5 Å². The zero-order chi connectivity index (χ0) is 42.8. The van der Waals surface area contributed by atoms with E-state index in [9.17, 15) is 28.9 Å². The fourth-order valence-corrected chi connectivity index (χ4v) is 5.92. The number of aliphatic hydroxyl groups is 2. The first-order valence-corrected chi connectivity index (χ1v) is 23.0. The number of ketones is 1. The van der Waals surface area contributed by atoms with Crippen molar-refractivity contribution in [2.45, 2.75) is 161 Å². The average molecular weight is 835 g/mol. The lowest BCUT2D eigenvalue weighted by atomic mass is 10.1. The van der Waals surface area contributed by atoms with Gasteiger partial charge in [-0.1, -0.05) is 138 Å². The van der Waals surface area contributed by atoms with Gasteiger partial charge in [0.15, 0.2) is 11.9 Å². The molecule has 0 saturated heterocycles. The van der Waals surface area contributed by atoms with Gasteiger partial charge in [-0.05, 0) is 76.7 Å². The van der Waals surface area contributed by atoms with Gasteiger partial charge < -0.3 is 24.6 Å². The smallest absolute Gasteiger partial charge is 0.462 e. The van der Waals surface area contributed by atoms with Crippen molar-refractivity contribution in [2.75, 3.05) is 26.4 Å². The van der Waals surface area contributed by atoms with E-state index in [0.717, 1.165) is 83.5 Å². The summed E-state index contributed by atoms with van der Waals surface area (Å²) in [4.78, 5) is 46.7. The van der Waals surface area contributed by atoms with E-state index < -0.39 is 51.8 Å². The third-order valence-corrected chi connectivity index (χ3v) is 9.46. The summed E-state index contributed by atoms with van der Waals surface area (Å²) in [6, 6.07) is 0. The first-order chi connectivity index (χ1) is 28.1. The molecule has 0 heterocycles. The normalized spacial score (nSPS) is 14.6. The lowest BCUT2D eigenvalue weighted by molar-refractivity contribution is -0.161. The van der Waals surface area contributed by atoms with Gasteiger partial charge in [0, 0.05) is 19.3 Å². The molecule has 0 saturated carbocycles. The molecule has 0 amide bonds. The van der Waals surface area contributed by atoms with Crippen molar-refractivity contribution in [3.05, 3.63) is 85.1 Å². The highest BCUT2D eigenvalue weighted by atomic mass is 31.2. The predicted molar refractivity (Wildman–Crippen MR) is 233 cm³/mol. The second-order valence-corrected chi connectivity index (χ2v) is 15.5. The maximum atomic E-state index is 12.6. The Bertz CT molecular complexity index is 1300. The number of carbonyl (C=O) groups is 3. The largest absolute Gasteiger partial charge is 0.472 e. The first-order valence-electron chi connectivity index (χ1n) is 21.5. The second kappa shape index (κ2) is 40.6. The van der Waals surface area contributed by atoms with Gasteiger partial charge in [0.05, 0.1) is 19.8 Å². The molecule has 3 N–H and O–H groups in total. The van der Waals surface area contributed by atoms with Crippen molar-refractivity contribution in [1.29, 1.82) is 0 Å². The Hall–Kier alpha value is -3.18. The highest BCUT2D eigenvalue weighted by Crippen LogP contribution is 2.43. The molecule has 11 nitrogen and oxygen atoms in total. The zero-order valence-corrected chi connectivity index (χ0v) is 36.4. The van der Waals surface area contributed by atoms with Gasteiger partial charge in [-0.15, -0.1) is 0 Å². The van der Waals surface area contributed by atoms with E-state index in [-0.39, 0.29) is 25.2 Å². The molecule has 0 radical (unpaired) electrons. The van der Waals surface area contributed by atoms with E-state index in [1.54, 1.807) is 12.2 Å². The summed E-state index contributed by atoms with van der Waals surface area (Å²) in [6.07, 6.45) is 44.0. The molecule has 330 valence electrons. The topological polar surface area (TPSA) is 166 Å². The molecule has 3 atom stereocenters. The van der Waals surface area contributed by atoms with Crippen LogP contribution in [0.5, 0.6) is 0 Å². The quantitative estimate of drug-likeness (QED) is 0.0135. The minimum Gasteiger partial charge on any atom is -0.462 e. The van der Waals surface area contributed by atoms with E-state index in [0.29, 0.717) is 19.3 Å². The number of ether oxygens (including phenoxy) is 2. The number of hydrogen-bond donors (Lipinski definition) is 3. The van der Waals surface area contributed by atoms with Gasteiger partial charge >= 0.3 is 19.8 Å². The van der Waals surface area contributed by atoms with E-state index in [1.807, 2.05) is 24.3 Å². The molecule has 0 aromatic rings. The van der Waals surface area contributed by atoms with Crippen molar-refractivity contribution in [3.63, 3.8) is 0 Å². The van der Waals surface area contributed by atoms with Crippen LogP contribution in [0.25, 0.3) is 0 Å². The van der Waals surface area contributed by atoms with E-state index in [4.69, 9.17) is 19.1 Å². The molecule has 12 heteroatoms. The number of unbranched alkanes of at least 4 members (excludes halogenated alkanes) is 10. The number of esters is 2. The molecular formula is C46H75O11P. The van der Waals surface area contributed by atoms with Crippen LogP contribution in [0.4, 0.5) is 0 Å². The third-order valence-electron chi connectivity index (χ3n) is 8.51. The Kier molecular flexibility index (Phi) is 38.4. The Labute approximate surface area is 349 Å². The molecular weight excluding hydrogens is 759 g/mol. The summed E-state index contributed by atoms with van der Waals surface area (Å²) in [5.41, 5.74) is 0. The van der Waals surface area contributed by atoms with Crippen LogP contribution >= 0.6 is 7.82 Å². The van der Waals surface area contributed by atoms with Gasteiger partial charge in [-0.3, -0.25) is 23.4 Å². The number of phosphoric acid groups is 1. The Morgan fingerprint density at radius 3 is 1.72 bits per heavy atom. The van der Waals surface area contributed by atoms with Crippen LogP contribution in [0.1, 0.15) is 149 Å². The number of hydrogen-bond acceptors (Lipinski definition) is 10. The van der Waals surface area contributed by atoms with Crippen LogP contribution in [-0.4, -0.2) is 71.5 Å². The van der Waals surface area contributed by atoms with E-state index in [2.05, 4.69) is 67.0 Å². The lowest BCUT2D eigenvalue weighted by Gasteiger charge is -2.20. The van der Waals surface area contributed by atoms with Gasteiger partial charge in [0.2, 0.25) is 0 Å². The SMILES string of the molecule is CCCCC/C=C\C/C=C\C/C=C\C/C=C\C/C=C\CCC(=O)O[C@H](COC(=O)CCCCCCC/C=C\C=C\C(=O)CCCCC)COP(=O)(O)OC[C@@H](O)CO. The molecule has 0 aliphatic rings. The molecule has 0 aliphatic heterocycles. The van der Waals surface area contributed by atoms with E-state index in [1.165, 1.54) is 19.3 Å². The van der Waals surface area contributed by atoms with Crippen LogP contribution < -0.4 is 0 Å². The van der Waals surface area contributed by atoms with E-state index >= 15 is 0 Å². The Morgan fingerprint density at radius 2 is 1.09 bits per heavy atom. The van der Waals surface area contributed by atoms with Gasteiger partial charge in [-0.2, -0.15) is 0 Å². The first kappa shape index (κ1) is 54.8. The van der Waals surface area contributed by atoms with Crippen LogP contribution in [0.2, 0.25) is 0 Å². The van der Waals surface area contributed by atoms with Crippen molar-refractivity contribution in [3.8, 4) is 0 Å². The standard InChI is InChI=1S/C46H75O11P/c1-3-5-7-8-9-10-11-12-13-14-15-16-17-18-19-22-26-29-33-37-46(51)57-44(41-56-58(52,53)55-39-43(49)38-47)40-54-45(50)36-32-28-25-23-20-21-24-27-31-35-42(48)34-30-6-4-2/h9-10,12-13,15-16,18-19,24,26-27,29,31,35,43-44,47,49H,3-8,11,14,17,20-23,25,28,30,32-34,36-41H2,1-2H3,(H,52,53)/b10-9-,13-12-,16-15-,19-18-,27-24-,29-26-,35-31+/t43-,44+/m0/s1. The number of aliphatic hydroxyl groups excluding tert-OH is 2. The van der Waals surface area contributed by atoms with Gasteiger partial charge in [-0.25, -0.2) is 4.57 Å². The molecule has 0 aliphatic carbocycles. The van der Waals surface area contributed by atoms with Crippen molar-refractivity contribution >= 4 is 25.5 Å². The molecule has 58 heavy (non-hydrogen) atoms. The summed E-state index contributed by atoms with van der Waals surface area (Å²) >= 11 is 0. The Balaban J connectivity index is 4.52. The minimum atomic E-state index is -4.66. The minimum absolute atomic E-state index is 0.0385.